The Hall–Kier alpha value is -2.87. The Kier molecular flexibility index (Phi) is 10.4. The van der Waals surface area contributed by atoms with Crippen molar-refractivity contribution in [2.45, 2.75) is 33.8 Å². The van der Waals surface area contributed by atoms with Crippen molar-refractivity contribution in [3.63, 3.8) is 0 Å². The van der Waals surface area contributed by atoms with E-state index in [2.05, 4.69) is 14.8 Å². The second kappa shape index (κ2) is 13.2. The topological polar surface area (TPSA) is 155 Å². The molecule has 4 atom stereocenters. The van der Waals surface area contributed by atoms with E-state index in [-0.39, 0.29) is 11.3 Å². The number of nitrogens with zero attached hydrogens (tertiary/aromatic N) is 1. The molecule has 2 amide bonds. The summed E-state index contributed by atoms with van der Waals surface area (Å²) in [4.78, 5) is 64.3. The third kappa shape index (κ3) is 7.06. The van der Waals surface area contributed by atoms with Gasteiger partial charge in [-0.3, -0.25) is 28.3 Å². The summed E-state index contributed by atoms with van der Waals surface area (Å²) in [5, 5.41) is 0.0947. The molecule has 218 valence electrons. The number of nitrogens with one attached hydrogen (secondary N) is 1. The highest BCUT2D eigenvalue weighted by molar-refractivity contribution is 7.86. The Morgan fingerprint density at radius 3 is 2.23 bits per heavy atom. The van der Waals surface area contributed by atoms with Gasteiger partial charge in [-0.1, -0.05) is 53.0 Å². The summed E-state index contributed by atoms with van der Waals surface area (Å²) in [6.45, 7) is 0.275. The fourth-order valence-electron chi connectivity index (χ4n) is 4.17. The molecule has 40 heavy (non-hydrogen) atoms. The van der Waals surface area contributed by atoms with Crippen LogP contribution >= 0.6 is 34.8 Å². The third-order valence-corrected chi connectivity index (χ3v) is 8.46. The number of para-hydroxylation sites is 1. The van der Waals surface area contributed by atoms with E-state index < -0.39 is 86.5 Å². The van der Waals surface area contributed by atoms with Crippen LogP contribution in [0, 0.1) is 5.92 Å². The van der Waals surface area contributed by atoms with Crippen molar-refractivity contribution in [1.82, 2.24) is 10.2 Å². The molecule has 0 aliphatic carbocycles. The van der Waals surface area contributed by atoms with Gasteiger partial charge < -0.3 is 24.3 Å². The Morgan fingerprint density at radius 2 is 1.68 bits per heavy atom. The minimum Gasteiger partial charge on any atom is -0.484 e. The van der Waals surface area contributed by atoms with Gasteiger partial charge in [-0.05, 0) is 31.1 Å². The van der Waals surface area contributed by atoms with E-state index in [1.165, 1.54) is 6.92 Å². The molecule has 3 unspecified atom stereocenters. The zero-order valence-electron chi connectivity index (χ0n) is 21.4. The van der Waals surface area contributed by atoms with Gasteiger partial charge in [0.15, 0.2) is 12.5 Å². The summed E-state index contributed by atoms with van der Waals surface area (Å²) in [7, 11) is 0.0975. The maximum Gasteiger partial charge on any atom is 0.355 e. The van der Waals surface area contributed by atoms with Crippen LogP contribution in [0.1, 0.15) is 13.3 Å². The number of hydrogen-bond donors (Lipinski definition) is 1. The van der Waals surface area contributed by atoms with E-state index in [0.29, 0.717) is 5.75 Å². The number of ether oxygens (including phenoxy) is 4. The fraction of sp³-hybridized carbons (Fsp3) is 0.458. The van der Waals surface area contributed by atoms with Crippen molar-refractivity contribution in [2.24, 2.45) is 5.92 Å². The number of hydrogen-bond acceptors (Lipinski definition) is 10. The van der Waals surface area contributed by atoms with Crippen LogP contribution in [0.4, 0.5) is 0 Å². The summed E-state index contributed by atoms with van der Waals surface area (Å²) in [6.07, 6.45) is -0.394. The zero-order chi connectivity index (χ0) is 29.8. The highest BCUT2D eigenvalue weighted by Crippen LogP contribution is 2.41. The van der Waals surface area contributed by atoms with Crippen molar-refractivity contribution in [3.8, 4) is 5.75 Å². The molecule has 3 rings (SSSR count). The molecule has 1 fully saturated rings. The standard InChI is InChI=1S/C24H25Cl3N2O10S/c1-12-15(9-14(21(32)36-2)22(33)37-3)40(35)20-17(28-16(30)10-38-13-7-5-4-6-8-13)19(31)29(20)18(12)23(34)39-11-24(25,26)27/h4-8,14-15,17,20H,9-11H2,1-3H3,(H,28,30)/t15?,17?,20-,40?/m0/s1. The molecule has 0 aromatic heterocycles. The van der Waals surface area contributed by atoms with E-state index >= 15 is 0 Å². The lowest BCUT2D eigenvalue weighted by molar-refractivity contribution is -0.159. The molecule has 2 heterocycles. The first-order valence-corrected chi connectivity index (χ1v) is 14.0. The van der Waals surface area contributed by atoms with E-state index in [1.54, 1.807) is 30.3 Å². The second-order valence-corrected chi connectivity index (χ2v) is 12.8. The maximum absolute atomic E-state index is 13.7. The van der Waals surface area contributed by atoms with Crippen LogP contribution in [0.2, 0.25) is 0 Å². The Labute approximate surface area is 246 Å². The van der Waals surface area contributed by atoms with Gasteiger partial charge in [-0.25, -0.2) is 4.79 Å². The highest BCUT2D eigenvalue weighted by atomic mass is 35.6. The van der Waals surface area contributed by atoms with Crippen molar-refractivity contribution in [2.75, 3.05) is 27.4 Å². The lowest BCUT2D eigenvalue weighted by Crippen LogP contribution is -2.74. The summed E-state index contributed by atoms with van der Waals surface area (Å²) in [5.74, 6) is -5.50. The molecule has 1 saturated heterocycles. The first-order valence-electron chi connectivity index (χ1n) is 11.6. The monoisotopic (exact) mass is 638 g/mol. The summed E-state index contributed by atoms with van der Waals surface area (Å²) < 4.78 is 31.6. The van der Waals surface area contributed by atoms with Gasteiger partial charge in [0.2, 0.25) is 3.79 Å². The van der Waals surface area contributed by atoms with Crippen molar-refractivity contribution >= 4 is 75.3 Å². The largest absolute Gasteiger partial charge is 0.484 e. The number of methoxy groups -OCH3 is 2. The van der Waals surface area contributed by atoms with Crippen LogP contribution in [-0.4, -0.2) is 86.7 Å². The smallest absolute Gasteiger partial charge is 0.355 e. The molecular weight excluding hydrogens is 615 g/mol. The average molecular weight is 640 g/mol. The molecule has 0 saturated carbocycles. The van der Waals surface area contributed by atoms with Crippen LogP contribution in [0.5, 0.6) is 5.75 Å². The molecule has 2 aliphatic heterocycles. The molecule has 0 radical (unpaired) electrons. The summed E-state index contributed by atoms with van der Waals surface area (Å²) >= 11 is 17.0. The van der Waals surface area contributed by atoms with Crippen molar-refractivity contribution < 1.29 is 47.1 Å². The minimum atomic E-state index is -2.03. The lowest BCUT2D eigenvalue weighted by Gasteiger charge is -2.51. The Bertz CT molecular complexity index is 1220. The number of benzene rings is 1. The van der Waals surface area contributed by atoms with Crippen LogP contribution in [-0.2, 0) is 49.0 Å². The molecule has 2 aliphatic rings. The molecule has 0 spiro atoms. The number of fused-ring (bicyclic) bond motifs is 1. The first kappa shape index (κ1) is 31.7. The zero-order valence-corrected chi connectivity index (χ0v) is 24.5. The number of rotatable bonds is 10. The first-order chi connectivity index (χ1) is 18.8. The quantitative estimate of drug-likeness (QED) is 0.131. The van der Waals surface area contributed by atoms with Crippen molar-refractivity contribution in [1.29, 1.82) is 0 Å². The molecule has 12 nitrogen and oxygen atoms in total. The van der Waals surface area contributed by atoms with Crippen LogP contribution in [0.15, 0.2) is 41.6 Å². The summed E-state index contributed by atoms with van der Waals surface area (Å²) in [6, 6.07) is 7.13. The third-order valence-electron chi connectivity index (χ3n) is 6.07. The van der Waals surface area contributed by atoms with E-state index in [4.69, 9.17) is 44.3 Å². The van der Waals surface area contributed by atoms with Crippen LogP contribution < -0.4 is 10.1 Å². The van der Waals surface area contributed by atoms with Crippen molar-refractivity contribution in [3.05, 3.63) is 41.6 Å². The van der Waals surface area contributed by atoms with Gasteiger partial charge in [0.1, 0.15) is 29.5 Å². The molecule has 1 aromatic rings. The highest BCUT2D eigenvalue weighted by Gasteiger charge is 2.59. The van der Waals surface area contributed by atoms with E-state index in [9.17, 15) is 28.2 Å². The number of halogens is 3. The van der Waals surface area contributed by atoms with Crippen LogP contribution in [0.25, 0.3) is 0 Å². The molecular formula is C24H25Cl3N2O10S. The maximum atomic E-state index is 13.7. The summed E-state index contributed by atoms with van der Waals surface area (Å²) in [5.41, 5.74) is -0.236. The number of esters is 3. The number of β-lactam (4-membered cyclic amide) rings is 1. The normalized spacial score (nSPS) is 22.2. The molecule has 1 N–H and O–H groups in total. The van der Waals surface area contributed by atoms with Gasteiger partial charge in [0.05, 0.1) is 30.3 Å². The fourth-order valence-corrected chi connectivity index (χ4v) is 6.38. The molecule has 16 heteroatoms. The van der Waals surface area contributed by atoms with Gasteiger partial charge in [-0.15, -0.1) is 0 Å². The average Bonchev–Trinajstić information content (AvgIpc) is 2.92. The molecule has 0 bridgehead atoms. The van der Waals surface area contributed by atoms with Crippen LogP contribution in [0.3, 0.4) is 0 Å². The van der Waals surface area contributed by atoms with E-state index in [0.717, 1.165) is 19.1 Å². The van der Waals surface area contributed by atoms with Gasteiger partial charge in [-0.2, -0.15) is 0 Å². The second-order valence-electron chi connectivity index (χ2n) is 8.62. The predicted molar refractivity (Wildman–Crippen MR) is 143 cm³/mol. The van der Waals surface area contributed by atoms with Gasteiger partial charge in [0, 0.05) is 0 Å². The van der Waals surface area contributed by atoms with E-state index in [1.807, 2.05) is 0 Å². The Morgan fingerprint density at radius 1 is 1.07 bits per heavy atom. The minimum absolute atomic E-state index is 0.0762. The number of amides is 2. The Balaban J connectivity index is 1.90. The SMILES string of the molecule is COC(=O)C(CC1C(C)=C(C(=O)OCC(Cl)(Cl)Cl)N2C(=O)C(NC(=O)COc3ccccc3)[C@@H]2S1=O)C(=O)OC. The lowest BCUT2D eigenvalue weighted by atomic mass is 9.95. The number of alkyl halides is 3. The number of carbonyl (C=O) groups is 5. The molecule has 1 aromatic carbocycles. The predicted octanol–water partition coefficient (Wildman–Crippen LogP) is 1.39. The van der Waals surface area contributed by atoms with Gasteiger partial charge >= 0.3 is 17.9 Å². The number of carbonyl (C=O) groups excluding carboxylic acids is 5. The van der Waals surface area contributed by atoms with Gasteiger partial charge in [0.25, 0.3) is 11.8 Å².